The van der Waals surface area contributed by atoms with E-state index in [4.69, 9.17) is 0 Å². The number of likely N-dealkylation sites (tertiary alicyclic amines) is 1. The zero-order valence-corrected chi connectivity index (χ0v) is 23.9. The van der Waals surface area contributed by atoms with Crippen LogP contribution in [-0.2, 0) is 19.2 Å². The number of carbonyl (C=O) groups excluding carboxylic acids is 5. The smallest absolute Gasteiger partial charge is 0.315 e. The van der Waals surface area contributed by atoms with Crippen molar-refractivity contribution in [1.82, 2.24) is 26.2 Å². The van der Waals surface area contributed by atoms with Crippen LogP contribution in [0, 0.1) is 5.92 Å². The molecule has 10 heteroatoms. The van der Waals surface area contributed by atoms with E-state index in [2.05, 4.69) is 34.4 Å². The molecule has 1 aliphatic heterocycles. The molecule has 2 rings (SSSR count). The zero-order valence-electron chi connectivity index (χ0n) is 23.9. The predicted molar refractivity (Wildman–Crippen MR) is 151 cm³/mol. The first-order valence-corrected chi connectivity index (χ1v) is 14.2. The van der Waals surface area contributed by atoms with Gasteiger partial charge < -0.3 is 26.2 Å². The summed E-state index contributed by atoms with van der Waals surface area (Å²) < 4.78 is 0. The van der Waals surface area contributed by atoms with E-state index in [0.717, 1.165) is 32.1 Å². The molecule has 0 aromatic heterocycles. The molecule has 1 heterocycles. The summed E-state index contributed by atoms with van der Waals surface area (Å²) in [4.78, 5) is 66.8. The van der Waals surface area contributed by atoms with Crippen LogP contribution in [0.15, 0.2) is 25.3 Å². The lowest BCUT2D eigenvalue weighted by atomic mass is 9.83. The Bertz CT molecular complexity index is 906. The lowest BCUT2D eigenvalue weighted by molar-refractivity contribution is -0.143. The van der Waals surface area contributed by atoms with Crippen LogP contribution < -0.4 is 21.3 Å². The Morgan fingerprint density at radius 1 is 0.923 bits per heavy atom. The maximum absolute atomic E-state index is 13.9. The van der Waals surface area contributed by atoms with Gasteiger partial charge in [0.15, 0.2) is 0 Å². The molecule has 0 aromatic carbocycles. The molecule has 5 amide bonds. The van der Waals surface area contributed by atoms with Crippen molar-refractivity contribution in [2.45, 2.75) is 109 Å². The van der Waals surface area contributed by atoms with E-state index in [9.17, 15) is 24.0 Å². The number of nitrogens with one attached hydrogen (secondary N) is 4. The fourth-order valence-corrected chi connectivity index (χ4v) is 5.20. The van der Waals surface area contributed by atoms with Crippen LogP contribution in [0.5, 0.6) is 0 Å². The average Bonchev–Trinajstić information content (AvgIpc) is 3.38. The molecule has 0 bridgehead atoms. The van der Waals surface area contributed by atoms with E-state index in [1.54, 1.807) is 12.2 Å². The number of urea groups is 1. The van der Waals surface area contributed by atoms with Gasteiger partial charge in [-0.05, 0) is 71.6 Å². The van der Waals surface area contributed by atoms with Gasteiger partial charge in [0.2, 0.25) is 17.6 Å². The number of hydrogen-bond donors (Lipinski definition) is 4. The molecule has 0 spiro atoms. The second-order valence-corrected chi connectivity index (χ2v) is 11.5. The molecule has 4 N–H and O–H groups in total. The molecule has 0 aromatic rings. The Morgan fingerprint density at radius 3 is 2.21 bits per heavy atom. The van der Waals surface area contributed by atoms with Gasteiger partial charge in [-0.15, -0.1) is 13.2 Å². The second kappa shape index (κ2) is 15.4. The van der Waals surface area contributed by atoms with Crippen LogP contribution in [0.3, 0.4) is 0 Å². The van der Waals surface area contributed by atoms with Gasteiger partial charge in [0.1, 0.15) is 12.1 Å². The van der Waals surface area contributed by atoms with Crippen LogP contribution in [0.1, 0.15) is 85.0 Å². The monoisotopic (exact) mass is 545 g/mol. The van der Waals surface area contributed by atoms with Crippen molar-refractivity contribution in [2.24, 2.45) is 5.92 Å². The molecular weight excluding hydrogens is 498 g/mol. The van der Waals surface area contributed by atoms with Crippen molar-refractivity contribution in [3.05, 3.63) is 25.3 Å². The molecule has 2 fully saturated rings. The van der Waals surface area contributed by atoms with Crippen LogP contribution in [0.2, 0.25) is 0 Å². The molecule has 218 valence electrons. The third-order valence-corrected chi connectivity index (χ3v) is 7.15. The first-order chi connectivity index (χ1) is 18.5. The number of rotatable bonds is 13. The van der Waals surface area contributed by atoms with Gasteiger partial charge in [-0.1, -0.05) is 31.4 Å². The van der Waals surface area contributed by atoms with Gasteiger partial charge in [-0.2, -0.15) is 0 Å². The molecule has 39 heavy (non-hydrogen) atoms. The Kier molecular flexibility index (Phi) is 12.7. The van der Waals surface area contributed by atoms with Crippen LogP contribution in [0.25, 0.3) is 0 Å². The fourth-order valence-electron chi connectivity index (χ4n) is 5.20. The van der Waals surface area contributed by atoms with Crippen molar-refractivity contribution >= 4 is 29.5 Å². The topological polar surface area (TPSA) is 137 Å². The minimum atomic E-state index is -1.03. The third-order valence-electron chi connectivity index (χ3n) is 7.15. The number of carbonyl (C=O) groups is 5. The summed E-state index contributed by atoms with van der Waals surface area (Å²) >= 11 is 0. The number of amides is 5. The maximum atomic E-state index is 13.9. The average molecular weight is 546 g/mol. The molecule has 3 atom stereocenters. The van der Waals surface area contributed by atoms with E-state index < -0.39 is 47.3 Å². The largest absolute Gasteiger partial charge is 0.349 e. The Balaban J connectivity index is 2.17. The van der Waals surface area contributed by atoms with Gasteiger partial charge in [0.25, 0.3) is 5.91 Å². The molecule has 1 saturated carbocycles. The molecular formula is C29H47N5O5. The summed E-state index contributed by atoms with van der Waals surface area (Å²) in [5.74, 6) is -2.26. The standard InChI is InChI=1S/C29H47N5O5/c1-6-8-16-21(24(35)26(37)30-18-9-7-2)31-25(36)22-17-13-19-34(22)27(38)23(20-14-11-10-12-15-20)32-28(39)33-29(3,4)5/h6-7,20-23H,1-2,8-19H2,3-5H3,(H,30,37)(H,31,36)(H2,32,33,39)/t21?,22-,23?/m0/s1. The predicted octanol–water partition coefficient (Wildman–Crippen LogP) is 2.74. The summed E-state index contributed by atoms with van der Waals surface area (Å²) in [6.45, 7) is 13.5. The Morgan fingerprint density at radius 2 is 1.59 bits per heavy atom. The van der Waals surface area contributed by atoms with E-state index in [1.807, 2.05) is 20.8 Å². The highest BCUT2D eigenvalue weighted by atomic mass is 16.2. The SMILES string of the molecule is C=CCCNC(=O)C(=O)C(CCC=C)NC(=O)[C@@H]1CCCN1C(=O)C(NC(=O)NC(C)(C)C)C1CCCCC1. The molecule has 10 nitrogen and oxygen atoms in total. The van der Waals surface area contributed by atoms with E-state index in [0.29, 0.717) is 32.2 Å². The van der Waals surface area contributed by atoms with Gasteiger partial charge in [-0.3, -0.25) is 19.2 Å². The van der Waals surface area contributed by atoms with Crippen LogP contribution >= 0.6 is 0 Å². The highest BCUT2D eigenvalue weighted by Crippen LogP contribution is 2.29. The number of nitrogens with zero attached hydrogens (tertiary/aromatic N) is 1. The lowest BCUT2D eigenvalue weighted by Crippen LogP contribution is -2.60. The zero-order chi connectivity index (χ0) is 29.0. The minimum absolute atomic E-state index is 0.0116. The van der Waals surface area contributed by atoms with Crippen molar-refractivity contribution < 1.29 is 24.0 Å². The quantitative estimate of drug-likeness (QED) is 0.160. The Labute approximate surface area is 232 Å². The fraction of sp³-hybridized carbons (Fsp3) is 0.690. The summed E-state index contributed by atoms with van der Waals surface area (Å²) in [6, 6.07) is -2.96. The summed E-state index contributed by atoms with van der Waals surface area (Å²) in [5, 5.41) is 11.1. The van der Waals surface area contributed by atoms with Crippen molar-refractivity contribution in [3.63, 3.8) is 0 Å². The summed E-state index contributed by atoms with van der Waals surface area (Å²) in [6.07, 6.45) is 10.2. The molecule has 2 aliphatic rings. The van der Waals surface area contributed by atoms with E-state index >= 15 is 0 Å². The van der Waals surface area contributed by atoms with Crippen molar-refractivity contribution in [1.29, 1.82) is 0 Å². The van der Waals surface area contributed by atoms with E-state index in [-0.39, 0.29) is 24.8 Å². The van der Waals surface area contributed by atoms with Gasteiger partial charge in [-0.25, -0.2) is 4.79 Å². The Hall–Kier alpha value is -3.17. The molecule has 2 unspecified atom stereocenters. The van der Waals surface area contributed by atoms with Crippen LogP contribution in [-0.4, -0.2) is 71.2 Å². The highest BCUT2D eigenvalue weighted by molar-refractivity contribution is 6.38. The van der Waals surface area contributed by atoms with Crippen molar-refractivity contribution in [3.8, 4) is 0 Å². The second-order valence-electron chi connectivity index (χ2n) is 11.5. The summed E-state index contributed by atoms with van der Waals surface area (Å²) in [5.41, 5.74) is -0.467. The number of Topliss-reactive ketones (excluding diaryl/α,β-unsaturated/α-hetero) is 1. The van der Waals surface area contributed by atoms with Crippen molar-refractivity contribution in [2.75, 3.05) is 13.1 Å². The van der Waals surface area contributed by atoms with Gasteiger partial charge >= 0.3 is 6.03 Å². The first-order valence-electron chi connectivity index (χ1n) is 14.2. The number of allylic oxidation sites excluding steroid dienone is 1. The summed E-state index contributed by atoms with van der Waals surface area (Å²) in [7, 11) is 0. The highest BCUT2D eigenvalue weighted by Gasteiger charge is 2.42. The maximum Gasteiger partial charge on any atom is 0.315 e. The number of ketones is 1. The lowest BCUT2D eigenvalue weighted by Gasteiger charge is -2.35. The van der Waals surface area contributed by atoms with E-state index in [1.165, 1.54) is 4.90 Å². The first kappa shape index (κ1) is 32.0. The minimum Gasteiger partial charge on any atom is -0.349 e. The van der Waals surface area contributed by atoms with Crippen LogP contribution in [0.4, 0.5) is 4.79 Å². The molecule has 1 aliphatic carbocycles. The third kappa shape index (κ3) is 10.1. The molecule has 0 radical (unpaired) electrons. The van der Waals surface area contributed by atoms with Gasteiger partial charge in [0.05, 0.1) is 6.04 Å². The number of hydrogen-bond acceptors (Lipinski definition) is 5. The molecule has 1 saturated heterocycles. The van der Waals surface area contributed by atoms with Gasteiger partial charge in [0, 0.05) is 18.6 Å². The normalized spacial score (nSPS) is 19.4.